The molecule has 1 aromatic rings. The van der Waals surface area contributed by atoms with Crippen molar-refractivity contribution in [2.24, 2.45) is 0 Å². The Labute approximate surface area is 122 Å². The minimum absolute atomic E-state index is 0.179. The molecule has 0 saturated carbocycles. The molecule has 2 atom stereocenters. The van der Waals surface area contributed by atoms with E-state index in [1.165, 1.54) is 18.2 Å². The summed E-state index contributed by atoms with van der Waals surface area (Å²) in [7, 11) is -4.68. The second-order valence-electron chi connectivity index (χ2n) is 4.91. The fourth-order valence-electron chi connectivity index (χ4n) is 2.29. The highest BCUT2D eigenvalue weighted by Gasteiger charge is 2.33. The van der Waals surface area contributed by atoms with E-state index in [9.17, 15) is 17.2 Å². The third-order valence-corrected chi connectivity index (χ3v) is 4.85. The van der Waals surface area contributed by atoms with Crippen LogP contribution in [0.3, 0.4) is 0 Å². The van der Waals surface area contributed by atoms with Crippen LogP contribution in [0.4, 0.5) is 14.5 Å². The molecule has 0 spiro atoms. The van der Waals surface area contributed by atoms with Crippen LogP contribution in [0.2, 0.25) is 0 Å². The van der Waals surface area contributed by atoms with Crippen LogP contribution >= 0.6 is 0 Å². The van der Waals surface area contributed by atoms with Crippen LogP contribution in [0.25, 0.3) is 0 Å². The molecule has 1 heterocycles. The van der Waals surface area contributed by atoms with Gasteiger partial charge in [-0.25, -0.2) is 8.42 Å². The predicted octanol–water partition coefficient (Wildman–Crippen LogP) is 1.27. The first-order valence-corrected chi connectivity index (χ1v) is 8.02. The Morgan fingerprint density at radius 2 is 2.10 bits per heavy atom. The van der Waals surface area contributed by atoms with Gasteiger partial charge in [-0.2, -0.15) is 8.78 Å². The van der Waals surface area contributed by atoms with Crippen LogP contribution in [0.5, 0.6) is 0 Å². The molecular formula is C13H17F2NO4S. The second kappa shape index (κ2) is 6.25. The molecule has 1 aliphatic rings. The number of nitrogens with zero attached hydrogens (tertiary/aromatic N) is 1. The van der Waals surface area contributed by atoms with Gasteiger partial charge in [-0.05, 0) is 19.1 Å². The molecule has 2 unspecified atom stereocenters. The van der Waals surface area contributed by atoms with Gasteiger partial charge in [0.2, 0.25) is 9.84 Å². The molecule has 8 heteroatoms. The summed E-state index contributed by atoms with van der Waals surface area (Å²) in [5.41, 5.74) is 0.215. The summed E-state index contributed by atoms with van der Waals surface area (Å²) in [4.78, 5) is 1.28. The Hall–Kier alpha value is -1.25. The molecule has 1 aromatic carbocycles. The van der Waals surface area contributed by atoms with E-state index < -0.39 is 26.6 Å². The van der Waals surface area contributed by atoms with E-state index in [0.29, 0.717) is 0 Å². The van der Waals surface area contributed by atoms with Crippen molar-refractivity contribution in [2.75, 3.05) is 24.7 Å². The quantitative estimate of drug-likeness (QED) is 0.904. The van der Waals surface area contributed by atoms with Gasteiger partial charge in [0, 0.05) is 12.6 Å². The molecule has 1 fully saturated rings. The SMILES string of the molecule is CC1COC(CO)CN1c1ccccc1S(=O)(=O)C(F)F. The largest absolute Gasteiger partial charge is 0.394 e. The highest BCUT2D eigenvalue weighted by molar-refractivity contribution is 7.91. The monoisotopic (exact) mass is 321 g/mol. The number of alkyl halides is 2. The average molecular weight is 321 g/mol. The third-order valence-electron chi connectivity index (χ3n) is 3.42. The highest BCUT2D eigenvalue weighted by Crippen LogP contribution is 2.31. The molecule has 0 aromatic heterocycles. The summed E-state index contributed by atoms with van der Waals surface area (Å²) in [6, 6.07) is 5.49. The maximum absolute atomic E-state index is 12.8. The first-order valence-electron chi connectivity index (χ1n) is 6.48. The first kappa shape index (κ1) is 16.1. The van der Waals surface area contributed by atoms with Crippen molar-refractivity contribution in [1.82, 2.24) is 0 Å². The number of benzene rings is 1. The summed E-state index contributed by atoms with van der Waals surface area (Å²) in [5, 5.41) is 9.17. The van der Waals surface area contributed by atoms with Crippen LogP contribution in [-0.4, -0.2) is 51.2 Å². The maximum atomic E-state index is 12.8. The molecule has 1 N–H and O–H groups in total. The number of halogens is 2. The normalized spacial score (nSPS) is 23.6. The van der Waals surface area contributed by atoms with Crippen LogP contribution in [0, 0.1) is 0 Å². The molecule has 0 aliphatic carbocycles. The van der Waals surface area contributed by atoms with Gasteiger partial charge in [0.1, 0.15) is 0 Å². The van der Waals surface area contributed by atoms with Crippen molar-refractivity contribution in [3.05, 3.63) is 24.3 Å². The minimum atomic E-state index is -4.68. The summed E-state index contributed by atoms with van der Waals surface area (Å²) in [5.74, 6) is -3.47. The van der Waals surface area contributed by atoms with E-state index in [2.05, 4.69) is 0 Å². The van der Waals surface area contributed by atoms with Gasteiger partial charge in [-0.1, -0.05) is 12.1 Å². The number of ether oxygens (including phenoxy) is 1. The number of para-hydroxylation sites is 1. The van der Waals surface area contributed by atoms with E-state index in [-0.39, 0.29) is 31.5 Å². The van der Waals surface area contributed by atoms with Gasteiger partial charge in [0.25, 0.3) is 0 Å². The van der Waals surface area contributed by atoms with Gasteiger partial charge in [0.15, 0.2) is 0 Å². The summed E-state index contributed by atoms with van der Waals surface area (Å²) in [6.45, 7) is 2.12. The van der Waals surface area contributed by atoms with E-state index in [4.69, 9.17) is 9.84 Å². The van der Waals surface area contributed by atoms with E-state index >= 15 is 0 Å². The number of hydrogen-bond acceptors (Lipinski definition) is 5. The summed E-state index contributed by atoms with van der Waals surface area (Å²) < 4.78 is 54.6. The lowest BCUT2D eigenvalue weighted by molar-refractivity contribution is -0.0104. The number of sulfone groups is 1. The topological polar surface area (TPSA) is 66.8 Å². The lowest BCUT2D eigenvalue weighted by Gasteiger charge is -2.39. The van der Waals surface area contributed by atoms with E-state index in [1.54, 1.807) is 17.9 Å². The van der Waals surface area contributed by atoms with Crippen molar-refractivity contribution in [3.8, 4) is 0 Å². The van der Waals surface area contributed by atoms with Crippen molar-refractivity contribution in [1.29, 1.82) is 0 Å². The molecular weight excluding hydrogens is 304 g/mol. The van der Waals surface area contributed by atoms with Crippen LogP contribution in [0.15, 0.2) is 29.2 Å². The number of morpholine rings is 1. The predicted molar refractivity (Wildman–Crippen MR) is 73.3 cm³/mol. The Morgan fingerprint density at radius 1 is 1.43 bits per heavy atom. The zero-order valence-electron chi connectivity index (χ0n) is 11.4. The maximum Gasteiger partial charge on any atom is 0.341 e. The molecule has 21 heavy (non-hydrogen) atoms. The lowest BCUT2D eigenvalue weighted by Crippen LogP contribution is -2.50. The second-order valence-corrected chi connectivity index (χ2v) is 6.80. The van der Waals surface area contributed by atoms with Crippen molar-refractivity contribution < 1.29 is 27.0 Å². The average Bonchev–Trinajstić information content (AvgIpc) is 2.47. The van der Waals surface area contributed by atoms with Crippen molar-refractivity contribution in [3.63, 3.8) is 0 Å². The van der Waals surface area contributed by atoms with E-state index in [0.717, 1.165) is 0 Å². The molecule has 1 aliphatic heterocycles. The number of anilines is 1. The van der Waals surface area contributed by atoms with Crippen molar-refractivity contribution >= 4 is 15.5 Å². The van der Waals surface area contributed by atoms with Crippen LogP contribution < -0.4 is 4.90 Å². The van der Waals surface area contributed by atoms with Gasteiger partial charge < -0.3 is 14.7 Å². The zero-order chi connectivity index (χ0) is 15.6. The molecule has 2 rings (SSSR count). The Morgan fingerprint density at radius 3 is 2.71 bits per heavy atom. The van der Waals surface area contributed by atoms with Crippen LogP contribution in [-0.2, 0) is 14.6 Å². The molecule has 0 amide bonds. The summed E-state index contributed by atoms with van der Waals surface area (Å²) in [6.07, 6.45) is -0.469. The van der Waals surface area contributed by atoms with Gasteiger partial charge in [-0.15, -0.1) is 0 Å². The Kier molecular flexibility index (Phi) is 4.80. The Bertz CT molecular complexity index is 594. The number of rotatable bonds is 4. The Balaban J connectivity index is 2.44. The molecule has 5 nitrogen and oxygen atoms in total. The molecule has 1 saturated heterocycles. The highest BCUT2D eigenvalue weighted by atomic mass is 32.2. The summed E-state index contributed by atoms with van der Waals surface area (Å²) >= 11 is 0. The molecule has 0 radical (unpaired) electrons. The standard InChI is InChI=1S/C13H17F2NO4S/c1-9-8-20-10(7-17)6-16(9)11-4-2-3-5-12(11)21(18,19)13(14)15/h2-5,9-10,13,17H,6-8H2,1H3. The fraction of sp³-hybridized carbons (Fsp3) is 0.538. The van der Waals surface area contributed by atoms with Gasteiger partial charge >= 0.3 is 5.76 Å². The van der Waals surface area contributed by atoms with Crippen LogP contribution in [0.1, 0.15) is 6.92 Å². The minimum Gasteiger partial charge on any atom is -0.394 e. The van der Waals surface area contributed by atoms with E-state index in [1.807, 2.05) is 0 Å². The lowest BCUT2D eigenvalue weighted by atomic mass is 10.1. The molecule has 0 bridgehead atoms. The number of aliphatic hydroxyl groups is 1. The fourth-order valence-corrected chi connectivity index (χ4v) is 3.23. The van der Waals surface area contributed by atoms with Gasteiger partial charge in [-0.3, -0.25) is 0 Å². The third kappa shape index (κ3) is 3.17. The van der Waals surface area contributed by atoms with Gasteiger partial charge in [0.05, 0.1) is 29.9 Å². The van der Waals surface area contributed by atoms with Crippen molar-refractivity contribution in [2.45, 2.75) is 29.7 Å². The number of aliphatic hydroxyl groups excluding tert-OH is 1. The molecule has 118 valence electrons. The smallest absolute Gasteiger partial charge is 0.341 e. The zero-order valence-corrected chi connectivity index (χ0v) is 12.3. The number of hydrogen-bond donors (Lipinski definition) is 1. The first-order chi connectivity index (χ1) is 9.87.